The lowest BCUT2D eigenvalue weighted by Crippen LogP contribution is -2.15. The van der Waals surface area contributed by atoms with Crippen molar-refractivity contribution in [2.45, 2.75) is 18.6 Å². The van der Waals surface area contributed by atoms with E-state index >= 15 is 0 Å². The van der Waals surface area contributed by atoms with E-state index in [9.17, 15) is 8.42 Å². The van der Waals surface area contributed by atoms with Gasteiger partial charge in [-0.25, -0.2) is 8.42 Å². The van der Waals surface area contributed by atoms with Crippen molar-refractivity contribution < 1.29 is 13.2 Å². The first kappa shape index (κ1) is 19.6. The summed E-state index contributed by atoms with van der Waals surface area (Å²) in [5, 5.41) is 9.43. The molecule has 0 amide bonds. The van der Waals surface area contributed by atoms with Gasteiger partial charge >= 0.3 is 0 Å². The molecule has 3 aromatic rings. The SMILES string of the molecule is COc1ccc(CCc2nnc(NS(=O)(=O)Cc3ccccc3Cl)s2)cc1. The molecule has 0 aliphatic heterocycles. The Hall–Kier alpha value is -2.16. The summed E-state index contributed by atoms with van der Waals surface area (Å²) in [6.45, 7) is 0. The molecule has 3 rings (SSSR count). The molecule has 1 aromatic heterocycles. The van der Waals surface area contributed by atoms with E-state index in [2.05, 4.69) is 14.9 Å². The van der Waals surface area contributed by atoms with Gasteiger partial charge in [0.15, 0.2) is 0 Å². The third-order valence-corrected chi connectivity index (χ3v) is 6.39. The molecular formula is C18H18ClN3O3S2. The zero-order valence-corrected chi connectivity index (χ0v) is 16.9. The molecule has 0 saturated carbocycles. The van der Waals surface area contributed by atoms with Crippen molar-refractivity contribution >= 4 is 38.1 Å². The number of rotatable bonds is 8. The minimum Gasteiger partial charge on any atom is -0.497 e. The fourth-order valence-electron chi connectivity index (χ4n) is 2.43. The fourth-order valence-corrected chi connectivity index (χ4v) is 4.89. The van der Waals surface area contributed by atoms with Gasteiger partial charge in [0, 0.05) is 11.4 Å². The van der Waals surface area contributed by atoms with Crippen LogP contribution in [-0.4, -0.2) is 25.7 Å². The Bertz CT molecular complexity index is 1000. The van der Waals surface area contributed by atoms with Crippen LogP contribution in [0.4, 0.5) is 5.13 Å². The van der Waals surface area contributed by atoms with Gasteiger partial charge in [-0.15, -0.1) is 10.2 Å². The second kappa shape index (κ2) is 8.69. The molecule has 142 valence electrons. The van der Waals surface area contributed by atoms with Crippen molar-refractivity contribution in [1.29, 1.82) is 0 Å². The lowest BCUT2D eigenvalue weighted by atomic mass is 10.1. The average Bonchev–Trinajstić information content (AvgIpc) is 3.08. The van der Waals surface area contributed by atoms with Crippen LogP contribution in [0, 0.1) is 0 Å². The van der Waals surface area contributed by atoms with Gasteiger partial charge in [0.1, 0.15) is 10.8 Å². The summed E-state index contributed by atoms with van der Waals surface area (Å²) in [7, 11) is -1.98. The van der Waals surface area contributed by atoms with Crippen LogP contribution in [0.5, 0.6) is 5.75 Å². The predicted molar refractivity (Wildman–Crippen MR) is 108 cm³/mol. The van der Waals surface area contributed by atoms with Crippen LogP contribution in [0.2, 0.25) is 5.02 Å². The number of anilines is 1. The quantitative estimate of drug-likeness (QED) is 0.593. The van der Waals surface area contributed by atoms with Gasteiger partial charge < -0.3 is 4.74 Å². The number of ether oxygens (including phenoxy) is 1. The number of aryl methyl sites for hydroxylation is 2. The van der Waals surface area contributed by atoms with E-state index in [0.717, 1.165) is 22.7 Å². The fraction of sp³-hybridized carbons (Fsp3) is 0.222. The number of benzene rings is 2. The summed E-state index contributed by atoms with van der Waals surface area (Å²) in [5.74, 6) is 0.595. The number of nitrogens with zero attached hydrogens (tertiary/aromatic N) is 2. The molecule has 9 heteroatoms. The van der Waals surface area contributed by atoms with Gasteiger partial charge in [-0.05, 0) is 35.7 Å². The second-order valence-corrected chi connectivity index (χ2v) is 8.99. The highest BCUT2D eigenvalue weighted by Crippen LogP contribution is 2.22. The summed E-state index contributed by atoms with van der Waals surface area (Å²) in [4.78, 5) is 0. The smallest absolute Gasteiger partial charge is 0.238 e. The van der Waals surface area contributed by atoms with Crippen LogP contribution in [-0.2, 0) is 28.6 Å². The van der Waals surface area contributed by atoms with Crippen LogP contribution >= 0.6 is 22.9 Å². The molecule has 0 radical (unpaired) electrons. The molecule has 0 aliphatic carbocycles. The van der Waals surface area contributed by atoms with Gasteiger partial charge in [-0.3, -0.25) is 4.72 Å². The molecule has 0 bridgehead atoms. The van der Waals surface area contributed by atoms with Crippen LogP contribution in [0.3, 0.4) is 0 Å². The van der Waals surface area contributed by atoms with Gasteiger partial charge in [-0.1, -0.05) is 53.3 Å². The summed E-state index contributed by atoms with van der Waals surface area (Å²) >= 11 is 7.26. The Labute approximate surface area is 167 Å². The van der Waals surface area contributed by atoms with E-state index in [0.29, 0.717) is 17.0 Å². The van der Waals surface area contributed by atoms with Crippen molar-refractivity contribution in [2.24, 2.45) is 0 Å². The number of hydrogen-bond acceptors (Lipinski definition) is 6. The number of halogens is 1. The van der Waals surface area contributed by atoms with E-state index in [1.807, 2.05) is 24.3 Å². The van der Waals surface area contributed by atoms with Gasteiger partial charge in [0.25, 0.3) is 0 Å². The standard InChI is InChI=1S/C18H18ClN3O3S2/c1-25-15-9-6-13(7-10-15)8-11-17-20-21-18(26-17)22-27(23,24)12-14-4-2-3-5-16(14)19/h2-7,9-10H,8,11-12H2,1H3,(H,21,22). The molecule has 0 aliphatic rings. The first-order valence-corrected chi connectivity index (χ1v) is 11.0. The Morgan fingerprint density at radius 2 is 1.81 bits per heavy atom. The van der Waals surface area contributed by atoms with Gasteiger partial charge in [-0.2, -0.15) is 0 Å². The van der Waals surface area contributed by atoms with Crippen molar-refractivity contribution in [3.8, 4) is 5.75 Å². The highest BCUT2D eigenvalue weighted by molar-refractivity contribution is 7.92. The number of sulfonamides is 1. The summed E-state index contributed by atoms with van der Waals surface area (Å²) < 4.78 is 32.3. The highest BCUT2D eigenvalue weighted by Gasteiger charge is 2.16. The van der Waals surface area contributed by atoms with E-state index in [-0.39, 0.29) is 10.9 Å². The zero-order chi connectivity index (χ0) is 19.3. The average molecular weight is 424 g/mol. The molecule has 0 spiro atoms. The third-order valence-electron chi connectivity index (χ3n) is 3.80. The lowest BCUT2D eigenvalue weighted by molar-refractivity contribution is 0.414. The molecule has 0 unspecified atom stereocenters. The largest absolute Gasteiger partial charge is 0.497 e. The molecule has 1 N–H and O–H groups in total. The lowest BCUT2D eigenvalue weighted by Gasteiger charge is -2.06. The van der Waals surface area contributed by atoms with E-state index in [1.165, 1.54) is 11.3 Å². The maximum atomic E-state index is 12.3. The topological polar surface area (TPSA) is 81.2 Å². The Morgan fingerprint density at radius 3 is 2.52 bits per heavy atom. The zero-order valence-electron chi connectivity index (χ0n) is 14.6. The minimum atomic E-state index is -3.61. The molecule has 6 nitrogen and oxygen atoms in total. The molecule has 2 aromatic carbocycles. The predicted octanol–water partition coefficient (Wildman–Crippen LogP) is 3.93. The van der Waals surface area contributed by atoms with Crippen molar-refractivity contribution in [3.05, 3.63) is 69.7 Å². The van der Waals surface area contributed by atoms with Crippen LogP contribution in [0.25, 0.3) is 0 Å². The molecule has 27 heavy (non-hydrogen) atoms. The van der Waals surface area contributed by atoms with Gasteiger partial charge in [0.05, 0.1) is 12.9 Å². The molecule has 0 fully saturated rings. The normalized spacial score (nSPS) is 11.3. The summed E-state index contributed by atoms with van der Waals surface area (Å²) in [5.41, 5.74) is 1.68. The monoisotopic (exact) mass is 423 g/mol. The summed E-state index contributed by atoms with van der Waals surface area (Å²) in [6, 6.07) is 14.6. The number of methoxy groups -OCH3 is 1. The number of nitrogens with one attached hydrogen (secondary N) is 1. The van der Waals surface area contributed by atoms with Crippen molar-refractivity contribution in [2.75, 3.05) is 11.8 Å². The van der Waals surface area contributed by atoms with Gasteiger partial charge in [0.2, 0.25) is 15.2 Å². The molecule has 0 saturated heterocycles. The van der Waals surface area contributed by atoms with E-state index in [4.69, 9.17) is 16.3 Å². The molecule has 1 heterocycles. The van der Waals surface area contributed by atoms with E-state index in [1.54, 1.807) is 31.4 Å². The minimum absolute atomic E-state index is 0.215. The first-order chi connectivity index (χ1) is 12.9. The maximum Gasteiger partial charge on any atom is 0.238 e. The van der Waals surface area contributed by atoms with Crippen LogP contribution in [0.15, 0.2) is 48.5 Å². The molecular weight excluding hydrogens is 406 g/mol. The maximum absolute atomic E-state index is 12.3. The van der Waals surface area contributed by atoms with Crippen molar-refractivity contribution in [1.82, 2.24) is 10.2 Å². The van der Waals surface area contributed by atoms with Crippen molar-refractivity contribution in [3.63, 3.8) is 0 Å². The van der Waals surface area contributed by atoms with Crippen LogP contribution in [0.1, 0.15) is 16.1 Å². The van der Waals surface area contributed by atoms with E-state index < -0.39 is 10.0 Å². The Kier molecular flexibility index (Phi) is 6.30. The number of hydrogen-bond donors (Lipinski definition) is 1. The highest BCUT2D eigenvalue weighted by atomic mass is 35.5. The van der Waals surface area contributed by atoms with Crippen LogP contribution < -0.4 is 9.46 Å². The first-order valence-electron chi connectivity index (χ1n) is 8.14. The summed E-state index contributed by atoms with van der Waals surface area (Å²) in [6.07, 6.45) is 1.46. The number of aromatic nitrogens is 2. The third kappa shape index (κ3) is 5.66. The molecule has 0 atom stereocenters. The Balaban J connectivity index is 1.59. The second-order valence-electron chi connectivity index (χ2n) is 5.80. The Morgan fingerprint density at radius 1 is 1.07 bits per heavy atom.